The second kappa shape index (κ2) is 5.23. The second-order valence-electron chi connectivity index (χ2n) is 6.35. The zero-order chi connectivity index (χ0) is 14.9. The van der Waals surface area contributed by atoms with Crippen molar-refractivity contribution in [1.82, 2.24) is 10.3 Å². The topological polar surface area (TPSA) is 71.1 Å². The first-order valence-corrected chi connectivity index (χ1v) is 6.81. The normalized spacial score (nSPS) is 22.5. The van der Waals surface area contributed by atoms with Gasteiger partial charge in [-0.15, -0.1) is 0 Å². The Kier molecular flexibility index (Phi) is 3.79. The fourth-order valence-corrected chi connectivity index (χ4v) is 2.55. The smallest absolute Gasteiger partial charge is 0.238 e. The van der Waals surface area contributed by atoms with Crippen LogP contribution in [0.4, 0.5) is 5.82 Å². The molecule has 2 amide bonds. The number of hydrogen-bond donors (Lipinski definition) is 2. The van der Waals surface area contributed by atoms with Gasteiger partial charge in [-0.3, -0.25) is 9.59 Å². The summed E-state index contributed by atoms with van der Waals surface area (Å²) >= 11 is 0. The maximum Gasteiger partial charge on any atom is 0.238 e. The SMILES string of the molecule is Cc1cccc(NC(=O)[C@@H]2C(=O)NC[C@H]2C(C)(C)C)n1. The lowest BCUT2D eigenvalue weighted by atomic mass is 9.74. The number of nitrogens with one attached hydrogen (secondary N) is 2. The summed E-state index contributed by atoms with van der Waals surface area (Å²) < 4.78 is 0. The van der Waals surface area contributed by atoms with E-state index in [1.54, 1.807) is 6.07 Å². The summed E-state index contributed by atoms with van der Waals surface area (Å²) in [6, 6.07) is 5.41. The number of aromatic nitrogens is 1. The predicted molar refractivity (Wildman–Crippen MR) is 77.0 cm³/mol. The van der Waals surface area contributed by atoms with Crippen LogP contribution >= 0.6 is 0 Å². The van der Waals surface area contributed by atoms with E-state index >= 15 is 0 Å². The predicted octanol–water partition coefficient (Wildman–Crippen LogP) is 1.74. The molecule has 2 atom stereocenters. The highest BCUT2D eigenvalue weighted by Crippen LogP contribution is 2.35. The summed E-state index contributed by atoms with van der Waals surface area (Å²) in [5.74, 6) is -0.660. The van der Waals surface area contributed by atoms with Crippen LogP contribution < -0.4 is 10.6 Å². The zero-order valence-corrected chi connectivity index (χ0v) is 12.4. The van der Waals surface area contributed by atoms with E-state index in [0.717, 1.165) is 5.69 Å². The van der Waals surface area contributed by atoms with Crippen molar-refractivity contribution in [2.45, 2.75) is 27.7 Å². The molecule has 1 fully saturated rings. The zero-order valence-electron chi connectivity index (χ0n) is 12.4. The van der Waals surface area contributed by atoms with Crippen molar-refractivity contribution < 1.29 is 9.59 Å². The second-order valence-corrected chi connectivity index (χ2v) is 6.35. The molecule has 0 aliphatic carbocycles. The molecule has 0 aromatic carbocycles. The highest BCUT2D eigenvalue weighted by molar-refractivity contribution is 6.07. The van der Waals surface area contributed by atoms with Crippen molar-refractivity contribution in [3.8, 4) is 0 Å². The molecule has 1 aromatic rings. The molecule has 1 aliphatic heterocycles. The van der Waals surface area contributed by atoms with E-state index in [2.05, 4.69) is 15.6 Å². The molecular formula is C15H21N3O2. The molecule has 2 N–H and O–H groups in total. The van der Waals surface area contributed by atoms with Crippen LogP contribution in [-0.2, 0) is 9.59 Å². The van der Waals surface area contributed by atoms with Crippen LogP contribution in [0.5, 0.6) is 0 Å². The van der Waals surface area contributed by atoms with E-state index in [-0.39, 0.29) is 23.1 Å². The third-order valence-corrected chi connectivity index (χ3v) is 3.72. The van der Waals surface area contributed by atoms with Gasteiger partial charge in [-0.2, -0.15) is 0 Å². The van der Waals surface area contributed by atoms with E-state index in [4.69, 9.17) is 0 Å². The van der Waals surface area contributed by atoms with Crippen molar-refractivity contribution in [2.24, 2.45) is 17.3 Å². The largest absolute Gasteiger partial charge is 0.355 e. The number of hydrogen-bond acceptors (Lipinski definition) is 3. The summed E-state index contributed by atoms with van der Waals surface area (Å²) in [4.78, 5) is 28.6. The molecule has 1 aromatic heterocycles. The van der Waals surface area contributed by atoms with Crippen LogP contribution in [0.1, 0.15) is 26.5 Å². The molecule has 0 bridgehead atoms. The summed E-state index contributed by atoms with van der Waals surface area (Å²) in [6.07, 6.45) is 0. The Morgan fingerprint density at radius 1 is 1.40 bits per heavy atom. The maximum atomic E-state index is 12.4. The van der Waals surface area contributed by atoms with E-state index in [1.807, 2.05) is 39.8 Å². The first kappa shape index (κ1) is 14.5. The molecule has 2 rings (SSSR count). The van der Waals surface area contributed by atoms with Crippen molar-refractivity contribution in [2.75, 3.05) is 11.9 Å². The van der Waals surface area contributed by atoms with E-state index in [1.165, 1.54) is 0 Å². The molecule has 1 saturated heterocycles. The summed E-state index contributed by atoms with van der Waals surface area (Å²) in [7, 11) is 0. The van der Waals surface area contributed by atoms with Gasteiger partial charge >= 0.3 is 0 Å². The van der Waals surface area contributed by atoms with Crippen molar-refractivity contribution in [3.63, 3.8) is 0 Å². The first-order chi connectivity index (χ1) is 9.29. The number of carbonyl (C=O) groups excluding carboxylic acids is 2. The molecule has 2 heterocycles. The molecule has 0 radical (unpaired) electrons. The van der Waals surface area contributed by atoms with Crippen molar-refractivity contribution >= 4 is 17.6 Å². The molecule has 0 spiro atoms. The molecule has 5 nitrogen and oxygen atoms in total. The Morgan fingerprint density at radius 2 is 2.10 bits per heavy atom. The Hall–Kier alpha value is -1.91. The number of carbonyl (C=O) groups is 2. The Labute approximate surface area is 119 Å². The van der Waals surface area contributed by atoms with Gasteiger partial charge in [0, 0.05) is 18.2 Å². The molecule has 1 aliphatic rings. The van der Waals surface area contributed by atoms with Crippen LogP contribution in [0, 0.1) is 24.2 Å². The third-order valence-electron chi connectivity index (χ3n) is 3.72. The lowest BCUT2D eigenvalue weighted by molar-refractivity contribution is -0.132. The Balaban J connectivity index is 2.17. The van der Waals surface area contributed by atoms with Gasteiger partial charge in [-0.05, 0) is 24.5 Å². The molecule has 108 valence electrons. The minimum Gasteiger partial charge on any atom is -0.355 e. The number of anilines is 1. The lowest BCUT2D eigenvalue weighted by Crippen LogP contribution is -2.37. The number of pyridine rings is 1. The van der Waals surface area contributed by atoms with Crippen LogP contribution in [0.2, 0.25) is 0 Å². The van der Waals surface area contributed by atoms with Gasteiger partial charge in [0.1, 0.15) is 11.7 Å². The molecule has 0 unspecified atom stereocenters. The monoisotopic (exact) mass is 275 g/mol. The van der Waals surface area contributed by atoms with Crippen LogP contribution in [-0.4, -0.2) is 23.3 Å². The van der Waals surface area contributed by atoms with E-state index < -0.39 is 5.92 Å². The maximum absolute atomic E-state index is 12.4. The van der Waals surface area contributed by atoms with Gasteiger partial charge in [0.2, 0.25) is 11.8 Å². The fraction of sp³-hybridized carbons (Fsp3) is 0.533. The molecule has 5 heteroatoms. The lowest BCUT2D eigenvalue weighted by Gasteiger charge is -2.29. The van der Waals surface area contributed by atoms with Crippen LogP contribution in [0.25, 0.3) is 0 Å². The van der Waals surface area contributed by atoms with Crippen molar-refractivity contribution in [1.29, 1.82) is 0 Å². The van der Waals surface area contributed by atoms with Gasteiger partial charge in [-0.25, -0.2) is 4.98 Å². The van der Waals surface area contributed by atoms with Gasteiger partial charge in [0.25, 0.3) is 0 Å². The van der Waals surface area contributed by atoms with Crippen LogP contribution in [0.15, 0.2) is 18.2 Å². The van der Waals surface area contributed by atoms with Gasteiger partial charge in [0.15, 0.2) is 0 Å². The molecular weight excluding hydrogens is 254 g/mol. The fourth-order valence-electron chi connectivity index (χ4n) is 2.55. The quantitative estimate of drug-likeness (QED) is 0.808. The Morgan fingerprint density at radius 3 is 2.70 bits per heavy atom. The number of aryl methyl sites for hydroxylation is 1. The minimum atomic E-state index is -0.655. The third kappa shape index (κ3) is 2.98. The van der Waals surface area contributed by atoms with Gasteiger partial charge < -0.3 is 10.6 Å². The number of nitrogens with zero attached hydrogens (tertiary/aromatic N) is 1. The minimum absolute atomic E-state index is 0.0141. The van der Waals surface area contributed by atoms with Gasteiger partial charge in [0.05, 0.1) is 0 Å². The molecule has 0 saturated carbocycles. The average molecular weight is 275 g/mol. The van der Waals surface area contributed by atoms with E-state index in [9.17, 15) is 9.59 Å². The number of rotatable bonds is 2. The summed E-state index contributed by atoms with van der Waals surface area (Å²) in [5, 5.41) is 5.53. The molecule has 20 heavy (non-hydrogen) atoms. The standard InChI is InChI=1S/C15H21N3O2/c1-9-6-5-7-11(17-9)18-14(20)12-10(15(2,3)4)8-16-13(12)19/h5-7,10,12H,8H2,1-4H3,(H,16,19)(H,17,18,20)/t10-,12+/m1/s1. The first-order valence-electron chi connectivity index (χ1n) is 6.81. The summed E-state index contributed by atoms with van der Waals surface area (Å²) in [6.45, 7) is 8.53. The number of amides is 2. The highest BCUT2D eigenvalue weighted by atomic mass is 16.2. The van der Waals surface area contributed by atoms with E-state index in [0.29, 0.717) is 12.4 Å². The summed E-state index contributed by atoms with van der Waals surface area (Å²) in [5.41, 5.74) is 0.715. The highest BCUT2D eigenvalue weighted by Gasteiger charge is 2.45. The Bertz CT molecular complexity index is 534. The van der Waals surface area contributed by atoms with Gasteiger partial charge in [-0.1, -0.05) is 26.8 Å². The van der Waals surface area contributed by atoms with Crippen molar-refractivity contribution in [3.05, 3.63) is 23.9 Å². The van der Waals surface area contributed by atoms with Crippen LogP contribution in [0.3, 0.4) is 0 Å². The average Bonchev–Trinajstić information content (AvgIpc) is 2.71.